The van der Waals surface area contributed by atoms with Gasteiger partial charge in [0.1, 0.15) is 24.1 Å². The standard InChI is InChI=1S/C22H25N5O4/c23-21(29)19-13-17(8-9-24-19)31-18-7-4-10-25(14-18)20(28)15-26-11-12-27(22(26)30)16-5-2-1-3-6-16/h1-3,5-6,8-9,13,18H,4,7,10-12,14-15H2,(H2,23,29). The SMILES string of the molecule is NC(=O)c1cc(OC2CCCN(C(=O)CN3CCN(c4ccccc4)C3=O)C2)ccn1. The average molecular weight is 423 g/mol. The molecule has 0 spiro atoms. The Bertz CT molecular complexity index is 967. The zero-order valence-electron chi connectivity index (χ0n) is 17.1. The smallest absolute Gasteiger partial charge is 0.325 e. The molecule has 0 saturated carbocycles. The monoisotopic (exact) mass is 423 g/mol. The highest BCUT2D eigenvalue weighted by Gasteiger charge is 2.33. The highest BCUT2D eigenvalue weighted by molar-refractivity contribution is 5.96. The van der Waals surface area contributed by atoms with Gasteiger partial charge in [-0.3, -0.25) is 19.5 Å². The van der Waals surface area contributed by atoms with Crippen LogP contribution in [0.1, 0.15) is 23.3 Å². The second-order valence-corrected chi connectivity index (χ2v) is 7.65. The number of nitrogens with zero attached hydrogens (tertiary/aromatic N) is 4. The average Bonchev–Trinajstić information content (AvgIpc) is 3.14. The quantitative estimate of drug-likeness (QED) is 0.757. The number of amides is 4. The summed E-state index contributed by atoms with van der Waals surface area (Å²) in [6, 6.07) is 12.5. The number of rotatable bonds is 6. The third-order valence-corrected chi connectivity index (χ3v) is 5.51. The van der Waals surface area contributed by atoms with Crippen LogP contribution in [0.2, 0.25) is 0 Å². The van der Waals surface area contributed by atoms with Crippen LogP contribution in [0, 0.1) is 0 Å². The summed E-state index contributed by atoms with van der Waals surface area (Å²) in [5, 5.41) is 0. The Balaban J connectivity index is 1.33. The van der Waals surface area contributed by atoms with Crippen molar-refractivity contribution in [2.45, 2.75) is 18.9 Å². The third kappa shape index (κ3) is 4.76. The molecule has 3 heterocycles. The summed E-state index contributed by atoms with van der Waals surface area (Å²) in [4.78, 5) is 45.8. The minimum absolute atomic E-state index is 0.0516. The van der Waals surface area contributed by atoms with Crippen molar-refractivity contribution < 1.29 is 19.1 Å². The van der Waals surface area contributed by atoms with E-state index in [1.54, 1.807) is 20.8 Å². The lowest BCUT2D eigenvalue weighted by atomic mass is 10.1. The number of carbonyl (C=O) groups is 3. The van der Waals surface area contributed by atoms with Gasteiger partial charge in [0.05, 0.1) is 6.54 Å². The summed E-state index contributed by atoms with van der Waals surface area (Å²) in [7, 11) is 0. The predicted octanol–water partition coefficient (Wildman–Crippen LogP) is 1.49. The summed E-state index contributed by atoms with van der Waals surface area (Å²) in [5.41, 5.74) is 6.24. The number of urea groups is 1. The number of para-hydroxylation sites is 1. The minimum atomic E-state index is -0.620. The molecule has 2 aromatic rings. The number of hydrogen-bond donors (Lipinski definition) is 1. The highest BCUT2D eigenvalue weighted by atomic mass is 16.5. The Morgan fingerprint density at radius 3 is 2.71 bits per heavy atom. The lowest BCUT2D eigenvalue weighted by molar-refractivity contribution is -0.134. The van der Waals surface area contributed by atoms with Crippen LogP contribution < -0.4 is 15.4 Å². The van der Waals surface area contributed by atoms with Crippen LogP contribution in [0.15, 0.2) is 48.7 Å². The number of ether oxygens (including phenoxy) is 1. The lowest BCUT2D eigenvalue weighted by Gasteiger charge is -2.33. The van der Waals surface area contributed by atoms with Crippen molar-refractivity contribution >= 4 is 23.5 Å². The summed E-state index contributed by atoms with van der Waals surface area (Å²) in [6.45, 7) is 2.19. The van der Waals surface area contributed by atoms with E-state index in [-0.39, 0.29) is 30.3 Å². The topological polar surface area (TPSA) is 109 Å². The molecule has 2 aliphatic heterocycles. The molecule has 4 rings (SSSR count). The second-order valence-electron chi connectivity index (χ2n) is 7.65. The van der Waals surface area contributed by atoms with E-state index in [1.807, 2.05) is 30.3 Å². The molecule has 9 nitrogen and oxygen atoms in total. The first-order valence-electron chi connectivity index (χ1n) is 10.3. The van der Waals surface area contributed by atoms with E-state index in [4.69, 9.17) is 10.5 Å². The molecular formula is C22H25N5O4. The largest absolute Gasteiger partial charge is 0.488 e. The molecule has 0 aliphatic carbocycles. The number of benzene rings is 1. The van der Waals surface area contributed by atoms with Crippen molar-refractivity contribution in [1.82, 2.24) is 14.8 Å². The van der Waals surface area contributed by atoms with Gasteiger partial charge in [-0.15, -0.1) is 0 Å². The molecule has 0 bridgehead atoms. The van der Waals surface area contributed by atoms with Crippen molar-refractivity contribution in [3.8, 4) is 5.75 Å². The number of piperidine rings is 1. The normalized spacial score (nSPS) is 18.9. The van der Waals surface area contributed by atoms with E-state index in [0.29, 0.717) is 31.9 Å². The molecule has 1 unspecified atom stereocenters. The van der Waals surface area contributed by atoms with E-state index in [2.05, 4.69) is 4.98 Å². The van der Waals surface area contributed by atoms with Crippen LogP contribution in [0.3, 0.4) is 0 Å². The Hall–Kier alpha value is -3.62. The van der Waals surface area contributed by atoms with E-state index in [9.17, 15) is 14.4 Å². The molecule has 2 saturated heterocycles. The van der Waals surface area contributed by atoms with Gasteiger partial charge >= 0.3 is 6.03 Å². The maximum absolute atomic E-state index is 12.9. The van der Waals surface area contributed by atoms with Crippen LogP contribution in [0.5, 0.6) is 5.75 Å². The second kappa shape index (κ2) is 9.03. The molecule has 31 heavy (non-hydrogen) atoms. The van der Waals surface area contributed by atoms with Crippen molar-refractivity contribution in [2.24, 2.45) is 5.73 Å². The number of primary amides is 1. The van der Waals surface area contributed by atoms with E-state index >= 15 is 0 Å². The number of likely N-dealkylation sites (tertiary alicyclic amines) is 1. The fraction of sp³-hybridized carbons (Fsp3) is 0.364. The first-order chi connectivity index (χ1) is 15.0. The Morgan fingerprint density at radius 2 is 1.94 bits per heavy atom. The van der Waals surface area contributed by atoms with Gasteiger partial charge in [0, 0.05) is 37.6 Å². The molecule has 1 aromatic carbocycles. The number of hydrogen-bond acceptors (Lipinski definition) is 5. The number of carbonyl (C=O) groups excluding carboxylic acids is 3. The maximum Gasteiger partial charge on any atom is 0.325 e. The third-order valence-electron chi connectivity index (χ3n) is 5.51. The molecule has 162 valence electrons. The molecule has 4 amide bonds. The highest BCUT2D eigenvalue weighted by Crippen LogP contribution is 2.21. The fourth-order valence-corrected chi connectivity index (χ4v) is 3.91. The number of anilines is 1. The molecular weight excluding hydrogens is 398 g/mol. The van der Waals surface area contributed by atoms with Crippen LogP contribution in [-0.2, 0) is 4.79 Å². The number of aromatic nitrogens is 1. The van der Waals surface area contributed by atoms with Crippen molar-refractivity contribution in [2.75, 3.05) is 37.6 Å². The fourth-order valence-electron chi connectivity index (χ4n) is 3.91. The van der Waals surface area contributed by atoms with Crippen LogP contribution in [0.4, 0.5) is 10.5 Å². The zero-order valence-corrected chi connectivity index (χ0v) is 17.1. The van der Waals surface area contributed by atoms with Gasteiger partial charge in [-0.2, -0.15) is 0 Å². The van der Waals surface area contributed by atoms with E-state index in [0.717, 1.165) is 18.5 Å². The molecule has 2 fully saturated rings. The number of pyridine rings is 1. The summed E-state index contributed by atoms with van der Waals surface area (Å²) >= 11 is 0. The van der Waals surface area contributed by atoms with Gasteiger partial charge in [0.25, 0.3) is 5.91 Å². The van der Waals surface area contributed by atoms with Crippen LogP contribution in [-0.4, -0.2) is 71.5 Å². The summed E-state index contributed by atoms with van der Waals surface area (Å²) in [6.07, 6.45) is 2.87. The molecule has 1 atom stereocenters. The Morgan fingerprint density at radius 1 is 1.13 bits per heavy atom. The zero-order chi connectivity index (χ0) is 21.8. The number of nitrogens with two attached hydrogens (primary N) is 1. The van der Waals surface area contributed by atoms with Crippen molar-refractivity contribution in [3.63, 3.8) is 0 Å². The van der Waals surface area contributed by atoms with E-state index in [1.165, 1.54) is 12.3 Å². The summed E-state index contributed by atoms with van der Waals surface area (Å²) in [5.74, 6) is -0.217. The summed E-state index contributed by atoms with van der Waals surface area (Å²) < 4.78 is 5.96. The van der Waals surface area contributed by atoms with Crippen LogP contribution >= 0.6 is 0 Å². The first kappa shape index (κ1) is 20.6. The van der Waals surface area contributed by atoms with Crippen LogP contribution in [0.25, 0.3) is 0 Å². The maximum atomic E-state index is 12.9. The van der Waals surface area contributed by atoms with E-state index < -0.39 is 5.91 Å². The van der Waals surface area contributed by atoms with Gasteiger partial charge in [-0.05, 0) is 31.0 Å². The van der Waals surface area contributed by atoms with Crippen molar-refractivity contribution in [1.29, 1.82) is 0 Å². The molecule has 1 aromatic heterocycles. The van der Waals surface area contributed by atoms with Gasteiger partial charge in [-0.1, -0.05) is 18.2 Å². The predicted molar refractivity (Wildman–Crippen MR) is 114 cm³/mol. The lowest BCUT2D eigenvalue weighted by Crippen LogP contribution is -2.48. The molecule has 0 radical (unpaired) electrons. The Labute approximate surface area is 180 Å². The molecule has 2 N–H and O–H groups in total. The molecule has 2 aliphatic rings. The van der Waals surface area contributed by atoms with Gasteiger partial charge < -0.3 is 20.3 Å². The molecule has 9 heteroatoms. The Kier molecular flexibility index (Phi) is 6.01. The van der Waals surface area contributed by atoms with Crippen molar-refractivity contribution in [3.05, 3.63) is 54.4 Å². The van der Waals surface area contributed by atoms with Gasteiger partial charge in [-0.25, -0.2) is 4.79 Å². The van der Waals surface area contributed by atoms with Gasteiger partial charge in [0.2, 0.25) is 5.91 Å². The first-order valence-corrected chi connectivity index (χ1v) is 10.3. The minimum Gasteiger partial charge on any atom is -0.488 e. The van der Waals surface area contributed by atoms with Gasteiger partial charge in [0.15, 0.2) is 0 Å².